The molecule has 0 N–H and O–H groups in total. The number of amides is 2. The van der Waals surface area contributed by atoms with E-state index in [0.717, 1.165) is 11.1 Å². The third-order valence-corrected chi connectivity index (χ3v) is 3.36. The maximum absolute atomic E-state index is 11.8. The minimum Gasteiger partial charge on any atom is -0.269 e. The molecule has 0 aromatic heterocycles. The number of carbonyl (C=O) groups is 2. The van der Waals surface area contributed by atoms with Crippen LogP contribution in [0.1, 0.15) is 50.7 Å². The standard InChI is InChI=1S/C16H19NO2/c1-10(2)12-7-13(11(3)4)9-14(8-12)17-15(18)5-6-16(17)19/h5-11H,1-4H3. The molecule has 2 amide bonds. The zero-order valence-corrected chi connectivity index (χ0v) is 11.8. The van der Waals surface area contributed by atoms with Crippen molar-refractivity contribution < 1.29 is 9.59 Å². The van der Waals surface area contributed by atoms with E-state index in [-0.39, 0.29) is 11.8 Å². The lowest BCUT2D eigenvalue weighted by atomic mass is 9.94. The van der Waals surface area contributed by atoms with E-state index in [4.69, 9.17) is 0 Å². The molecule has 100 valence electrons. The first kappa shape index (κ1) is 13.5. The molecule has 0 saturated heterocycles. The minimum atomic E-state index is -0.263. The summed E-state index contributed by atoms with van der Waals surface area (Å²) in [4.78, 5) is 24.8. The van der Waals surface area contributed by atoms with Crippen LogP contribution in [0.25, 0.3) is 0 Å². The first-order chi connectivity index (χ1) is 8.90. The Balaban J connectivity index is 2.51. The van der Waals surface area contributed by atoms with Crippen LogP contribution < -0.4 is 4.90 Å². The van der Waals surface area contributed by atoms with Gasteiger partial charge in [-0.15, -0.1) is 0 Å². The first-order valence-electron chi connectivity index (χ1n) is 6.61. The highest BCUT2D eigenvalue weighted by molar-refractivity contribution is 6.28. The molecule has 1 aromatic carbocycles. The summed E-state index contributed by atoms with van der Waals surface area (Å²) in [6.45, 7) is 8.42. The van der Waals surface area contributed by atoms with Crippen LogP contribution >= 0.6 is 0 Å². The largest absolute Gasteiger partial charge is 0.269 e. The summed E-state index contributed by atoms with van der Waals surface area (Å²) < 4.78 is 0. The van der Waals surface area contributed by atoms with Gasteiger partial charge < -0.3 is 0 Å². The number of rotatable bonds is 3. The van der Waals surface area contributed by atoms with Gasteiger partial charge in [-0.1, -0.05) is 33.8 Å². The highest BCUT2D eigenvalue weighted by atomic mass is 16.2. The van der Waals surface area contributed by atoms with Gasteiger partial charge in [-0.2, -0.15) is 0 Å². The van der Waals surface area contributed by atoms with Gasteiger partial charge >= 0.3 is 0 Å². The molecular weight excluding hydrogens is 238 g/mol. The molecular formula is C16H19NO2. The van der Waals surface area contributed by atoms with Gasteiger partial charge in [0.25, 0.3) is 11.8 Å². The number of anilines is 1. The second kappa shape index (κ2) is 5.00. The summed E-state index contributed by atoms with van der Waals surface area (Å²) in [6, 6.07) is 6.01. The summed E-state index contributed by atoms with van der Waals surface area (Å²) in [5.41, 5.74) is 2.97. The van der Waals surface area contributed by atoms with Gasteiger partial charge in [0.15, 0.2) is 0 Å². The molecule has 0 radical (unpaired) electrons. The molecule has 0 atom stereocenters. The smallest absolute Gasteiger partial charge is 0.258 e. The van der Waals surface area contributed by atoms with Crippen molar-refractivity contribution >= 4 is 17.5 Å². The monoisotopic (exact) mass is 257 g/mol. The van der Waals surface area contributed by atoms with Crippen LogP contribution in [0.5, 0.6) is 0 Å². The molecule has 1 aliphatic heterocycles. The molecule has 19 heavy (non-hydrogen) atoms. The summed E-state index contributed by atoms with van der Waals surface area (Å²) >= 11 is 0. The number of imide groups is 1. The van der Waals surface area contributed by atoms with Crippen LogP contribution in [0.2, 0.25) is 0 Å². The molecule has 0 spiro atoms. The molecule has 0 fully saturated rings. The van der Waals surface area contributed by atoms with E-state index in [0.29, 0.717) is 17.5 Å². The Kier molecular flexibility index (Phi) is 3.56. The maximum atomic E-state index is 11.8. The topological polar surface area (TPSA) is 37.4 Å². The SMILES string of the molecule is CC(C)c1cc(C(C)C)cc(N2C(=O)C=CC2=O)c1. The van der Waals surface area contributed by atoms with E-state index < -0.39 is 0 Å². The molecule has 1 heterocycles. The van der Waals surface area contributed by atoms with Crippen molar-refractivity contribution in [2.24, 2.45) is 0 Å². The maximum Gasteiger partial charge on any atom is 0.258 e. The summed E-state index contributed by atoms with van der Waals surface area (Å²) in [5, 5.41) is 0. The molecule has 0 saturated carbocycles. The lowest BCUT2D eigenvalue weighted by molar-refractivity contribution is -0.119. The Morgan fingerprint density at radius 1 is 0.789 bits per heavy atom. The van der Waals surface area contributed by atoms with Gasteiger partial charge in [0.1, 0.15) is 0 Å². The summed E-state index contributed by atoms with van der Waals surface area (Å²) in [7, 11) is 0. The lowest BCUT2D eigenvalue weighted by Crippen LogP contribution is -2.29. The van der Waals surface area contributed by atoms with Crippen LogP contribution in [0.15, 0.2) is 30.4 Å². The fourth-order valence-corrected chi connectivity index (χ4v) is 2.11. The Bertz CT molecular complexity index is 512. The Morgan fingerprint density at radius 2 is 1.21 bits per heavy atom. The highest BCUT2D eigenvalue weighted by Gasteiger charge is 2.26. The predicted octanol–water partition coefficient (Wildman–Crippen LogP) is 3.36. The van der Waals surface area contributed by atoms with Crippen molar-refractivity contribution in [3.8, 4) is 0 Å². The normalized spacial score (nSPS) is 15.2. The van der Waals surface area contributed by atoms with Crippen molar-refractivity contribution in [3.63, 3.8) is 0 Å². The molecule has 2 rings (SSSR count). The quantitative estimate of drug-likeness (QED) is 0.779. The molecule has 0 bridgehead atoms. The fraction of sp³-hybridized carbons (Fsp3) is 0.375. The fourth-order valence-electron chi connectivity index (χ4n) is 2.11. The van der Waals surface area contributed by atoms with E-state index in [1.165, 1.54) is 17.1 Å². The van der Waals surface area contributed by atoms with Gasteiger partial charge in [-0.05, 0) is 35.1 Å². The van der Waals surface area contributed by atoms with Crippen LogP contribution in [-0.4, -0.2) is 11.8 Å². The van der Waals surface area contributed by atoms with Gasteiger partial charge in [-0.25, -0.2) is 4.90 Å². The van der Waals surface area contributed by atoms with Crippen LogP contribution in [0.3, 0.4) is 0 Å². The third kappa shape index (κ3) is 2.60. The highest BCUT2D eigenvalue weighted by Crippen LogP contribution is 2.29. The zero-order valence-electron chi connectivity index (χ0n) is 11.8. The van der Waals surface area contributed by atoms with Gasteiger partial charge in [0.2, 0.25) is 0 Å². The molecule has 0 unspecified atom stereocenters. The van der Waals surface area contributed by atoms with Crippen molar-refractivity contribution in [3.05, 3.63) is 41.5 Å². The van der Waals surface area contributed by atoms with E-state index in [2.05, 4.69) is 33.8 Å². The zero-order chi connectivity index (χ0) is 14.2. The first-order valence-corrected chi connectivity index (χ1v) is 6.61. The van der Waals surface area contributed by atoms with E-state index >= 15 is 0 Å². The van der Waals surface area contributed by atoms with Crippen LogP contribution in [0, 0.1) is 0 Å². The van der Waals surface area contributed by atoms with E-state index in [1.807, 2.05) is 12.1 Å². The molecule has 3 heteroatoms. The van der Waals surface area contributed by atoms with Crippen molar-refractivity contribution in [2.45, 2.75) is 39.5 Å². The average molecular weight is 257 g/mol. The Morgan fingerprint density at radius 3 is 1.58 bits per heavy atom. The summed E-state index contributed by atoms with van der Waals surface area (Å²) in [6.07, 6.45) is 2.64. The van der Waals surface area contributed by atoms with E-state index in [9.17, 15) is 9.59 Å². The van der Waals surface area contributed by atoms with Crippen molar-refractivity contribution in [1.82, 2.24) is 0 Å². The Hall–Kier alpha value is -1.90. The summed E-state index contributed by atoms with van der Waals surface area (Å²) in [5.74, 6) is 0.192. The van der Waals surface area contributed by atoms with Crippen molar-refractivity contribution in [1.29, 1.82) is 0 Å². The molecule has 3 nitrogen and oxygen atoms in total. The molecule has 1 aliphatic rings. The number of nitrogens with zero attached hydrogens (tertiary/aromatic N) is 1. The van der Waals surface area contributed by atoms with Gasteiger partial charge in [-0.3, -0.25) is 9.59 Å². The second-order valence-electron chi connectivity index (χ2n) is 5.51. The number of hydrogen-bond acceptors (Lipinski definition) is 2. The van der Waals surface area contributed by atoms with Gasteiger partial charge in [0.05, 0.1) is 5.69 Å². The molecule has 1 aromatic rings. The molecule has 0 aliphatic carbocycles. The van der Waals surface area contributed by atoms with Crippen molar-refractivity contribution in [2.75, 3.05) is 4.90 Å². The number of benzene rings is 1. The number of hydrogen-bond donors (Lipinski definition) is 0. The van der Waals surface area contributed by atoms with E-state index in [1.54, 1.807) is 0 Å². The predicted molar refractivity (Wildman–Crippen MR) is 76.3 cm³/mol. The lowest BCUT2D eigenvalue weighted by Gasteiger charge is -2.19. The minimum absolute atomic E-state index is 0.263. The average Bonchev–Trinajstić information content (AvgIpc) is 2.68. The van der Waals surface area contributed by atoms with Crippen LogP contribution in [0.4, 0.5) is 5.69 Å². The third-order valence-electron chi connectivity index (χ3n) is 3.36. The van der Waals surface area contributed by atoms with Crippen LogP contribution in [-0.2, 0) is 9.59 Å². The van der Waals surface area contributed by atoms with Gasteiger partial charge in [0, 0.05) is 12.2 Å². The Labute approximate surface area is 113 Å². The number of carbonyl (C=O) groups excluding carboxylic acids is 2. The second-order valence-corrected chi connectivity index (χ2v) is 5.51.